The lowest BCUT2D eigenvalue weighted by Gasteiger charge is -2.14. The summed E-state index contributed by atoms with van der Waals surface area (Å²) in [7, 11) is 1.29. The zero-order valence-corrected chi connectivity index (χ0v) is 15.3. The van der Waals surface area contributed by atoms with Crippen LogP contribution < -0.4 is 4.74 Å². The molecule has 0 saturated carbocycles. The Morgan fingerprint density at radius 3 is 2.42 bits per heavy atom. The van der Waals surface area contributed by atoms with Crippen molar-refractivity contribution < 1.29 is 24.3 Å². The Morgan fingerprint density at radius 1 is 1.12 bits per heavy atom. The third-order valence-electron chi connectivity index (χ3n) is 3.77. The van der Waals surface area contributed by atoms with Crippen LogP contribution in [0.15, 0.2) is 41.6 Å². The molecule has 0 unspecified atom stereocenters. The topological polar surface area (TPSA) is 85.2 Å². The first-order valence-corrected chi connectivity index (χ1v) is 8.09. The molecule has 0 aromatic heterocycles. The largest absolute Gasteiger partial charge is 0.489 e. The molecule has 0 aliphatic carbocycles. The second-order valence-corrected chi connectivity index (χ2v) is 5.92. The summed E-state index contributed by atoms with van der Waals surface area (Å²) in [6.07, 6.45) is 0. The SMILES string of the molecule is CON=C(C(=O)O)c1ccccc1COc1cc(C)c(C(=O)Cl)cc1C. The van der Waals surface area contributed by atoms with Gasteiger partial charge in [0.25, 0.3) is 5.24 Å². The Hall–Kier alpha value is -2.86. The standard InChI is InChI=1S/C19H18ClNO5/c1-11-9-16(12(2)8-15(11)18(20)22)26-10-13-6-4-5-7-14(13)17(19(23)24)21-25-3/h4-9H,10H2,1-3H3,(H,23,24). The number of aryl methyl sites for hydroxylation is 2. The summed E-state index contributed by atoms with van der Waals surface area (Å²) >= 11 is 5.56. The molecule has 0 radical (unpaired) electrons. The lowest BCUT2D eigenvalue weighted by Crippen LogP contribution is -2.17. The molecule has 0 spiro atoms. The minimum atomic E-state index is -1.20. The molecular formula is C19H18ClNO5. The third-order valence-corrected chi connectivity index (χ3v) is 3.98. The molecule has 7 heteroatoms. The highest BCUT2D eigenvalue weighted by molar-refractivity contribution is 6.67. The van der Waals surface area contributed by atoms with Crippen LogP contribution in [0.3, 0.4) is 0 Å². The molecule has 2 aromatic carbocycles. The number of carboxylic acids is 1. The Morgan fingerprint density at radius 2 is 1.81 bits per heavy atom. The highest BCUT2D eigenvalue weighted by Crippen LogP contribution is 2.25. The van der Waals surface area contributed by atoms with E-state index in [-0.39, 0.29) is 12.3 Å². The Balaban J connectivity index is 2.31. The van der Waals surface area contributed by atoms with Gasteiger partial charge >= 0.3 is 5.97 Å². The first-order valence-electron chi connectivity index (χ1n) is 7.71. The maximum Gasteiger partial charge on any atom is 0.358 e. The van der Waals surface area contributed by atoms with Gasteiger partial charge in [-0.1, -0.05) is 29.4 Å². The first-order chi connectivity index (χ1) is 12.3. The zero-order valence-electron chi connectivity index (χ0n) is 14.6. The van der Waals surface area contributed by atoms with E-state index in [4.69, 9.17) is 16.3 Å². The minimum Gasteiger partial charge on any atom is -0.489 e. The fourth-order valence-corrected chi connectivity index (χ4v) is 2.69. The molecule has 0 fully saturated rings. The molecule has 136 valence electrons. The summed E-state index contributed by atoms with van der Waals surface area (Å²) in [6, 6.07) is 10.3. The number of hydrogen-bond donors (Lipinski definition) is 1. The zero-order chi connectivity index (χ0) is 19.3. The Kier molecular flexibility index (Phi) is 6.36. The number of nitrogens with zero attached hydrogens (tertiary/aromatic N) is 1. The van der Waals surface area contributed by atoms with E-state index < -0.39 is 11.2 Å². The molecule has 6 nitrogen and oxygen atoms in total. The summed E-state index contributed by atoms with van der Waals surface area (Å²) in [5.74, 6) is -0.615. The maximum absolute atomic E-state index is 11.4. The highest BCUT2D eigenvalue weighted by atomic mass is 35.5. The maximum atomic E-state index is 11.4. The molecule has 0 bridgehead atoms. The summed E-state index contributed by atoms with van der Waals surface area (Å²) in [6.45, 7) is 3.70. The van der Waals surface area contributed by atoms with Gasteiger partial charge in [-0.15, -0.1) is 0 Å². The van der Waals surface area contributed by atoms with Crippen LogP contribution in [0, 0.1) is 13.8 Å². The van der Waals surface area contributed by atoms with Crippen LogP contribution in [0.25, 0.3) is 0 Å². The van der Waals surface area contributed by atoms with E-state index in [1.807, 2.05) is 0 Å². The monoisotopic (exact) mass is 375 g/mol. The Bertz CT molecular complexity index is 876. The van der Waals surface area contributed by atoms with Gasteiger partial charge in [0.1, 0.15) is 19.5 Å². The smallest absolute Gasteiger partial charge is 0.358 e. The van der Waals surface area contributed by atoms with Crippen molar-refractivity contribution in [1.29, 1.82) is 0 Å². The Labute approximate surface area is 156 Å². The van der Waals surface area contributed by atoms with E-state index in [0.29, 0.717) is 28.0 Å². The minimum absolute atomic E-state index is 0.126. The van der Waals surface area contributed by atoms with Crippen molar-refractivity contribution >= 4 is 28.5 Å². The van der Waals surface area contributed by atoms with E-state index in [0.717, 1.165) is 5.56 Å². The fraction of sp³-hybridized carbons (Fsp3) is 0.211. The van der Waals surface area contributed by atoms with Crippen molar-refractivity contribution in [3.05, 3.63) is 64.2 Å². The number of carbonyl (C=O) groups is 2. The molecule has 1 N–H and O–H groups in total. The molecule has 2 aromatic rings. The van der Waals surface area contributed by atoms with Gasteiger partial charge in [-0.2, -0.15) is 0 Å². The summed E-state index contributed by atoms with van der Waals surface area (Å²) < 4.78 is 5.84. The van der Waals surface area contributed by atoms with E-state index in [2.05, 4.69) is 9.99 Å². The van der Waals surface area contributed by atoms with Gasteiger partial charge in [0.05, 0.1) is 0 Å². The number of rotatable bonds is 7. The average Bonchev–Trinajstić information content (AvgIpc) is 2.60. The van der Waals surface area contributed by atoms with Crippen molar-refractivity contribution in [2.75, 3.05) is 7.11 Å². The number of oxime groups is 1. The number of carbonyl (C=O) groups excluding carboxylic acids is 1. The van der Waals surface area contributed by atoms with Gasteiger partial charge in [0.2, 0.25) is 0 Å². The number of ether oxygens (including phenoxy) is 1. The quantitative estimate of drug-likeness (QED) is 0.453. The highest BCUT2D eigenvalue weighted by Gasteiger charge is 2.18. The predicted octanol–water partition coefficient (Wildman–Crippen LogP) is 3.70. The lowest BCUT2D eigenvalue weighted by molar-refractivity contribution is -0.129. The van der Waals surface area contributed by atoms with Gasteiger partial charge in [-0.3, -0.25) is 4.79 Å². The molecular weight excluding hydrogens is 358 g/mol. The van der Waals surface area contributed by atoms with Crippen LogP contribution >= 0.6 is 11.6 Å². The molecule has 0 atom stereocenters. The van der Waals surface area contributed by atoms with Gasteiger partial charge in [0.15, 0.2) is 5.71 Å². The predicted molar refractivity (Wildman–Crippen MR) is 98.1 cm³/mol. The van der Waals surface area contributed by atoms with Gasteiger partial charge in [0, 0.05) is 11.1 Å². The summed E-state index contributed by atoms with van der Waals surface area (Å²) in [5.41, 5.74) is 2.72. The van der Waals surface area contributed by atoms with Gasteiger partial charge in [-0.25, -0.2) is 4.79 Å². The summed E-state index contributed by atoms with van der Waals surface area (Å²) in [4.78, 5) is 27.4. The van der Waals surface area contributed by atoms with Crippen molar-refractivity contribution in [3.63, 3.8) is 0 Å². The van der Waals surface area contributed by atoms with Gasteiger partial charge < -0.3 is 14.7 Å². The van der Waals surface area contributed by atoms with Crippen LogP contribution in [-0.2, 0) is 16.2 Å². The second-order valence-electron chi connectivity index (χ2n) is 5.58. The van der Waals surface area contributed by atoms with Crippen LogP contribution in [0.5, 0.6) is 5.75 Å². The molecule has 2 rings (SSSR count). The van der Waals surface area contributed by atoms with Gasteiger partial charge in [-0.05, 0) is 54.3 Å². The number of hydrogen-bond acceptors (Lipinski definition) is 5. The van der Waals surface area contributed by atoms with Crippen molar-refractivity contribution in [3.8, 4) is 5.75 Å². The number of carboxylic acid groups (broad SMARTS) is 1. The van der Waals surface area contributed by atoms with E-state index in [1.54, 1.807) is 50.2 Å². The number of halogens is 1. The normalized spacial score (nSPS) is 11.2. The number of benzene rings is 2. The van der Waals surface area contributed by atoms with Crippen molar-refractivity contribution in [2.45, 2.75) is 20.5 Å². The average molecular weight is 376 g/mol. The van der Waals surface area contributed by atoms with Crippen molar-refractivity contribution in [2.24, 2.45) is 5.16 Å². The fourth-order valence-electron chi connectivity index (χ4n) is 2.48. The van der Waals surface area contributed by atoms with Crippen LogP contribution in [-0.4, -0.2) is 29.1 Å². The van der Waals surface area contributed by atoms with E-state index in [9.17, 15) is 14.7 Å². The molecule has 0 amide bonds. The lowest BCUT2D eigenvalue weighted by atomic mass is 10.0. The van der Waals surface area contributed by atoms with E-state index in [1.165, 1.54) is 7.11 Å². The van der Waals surface area contributed by atoms with Crippen LogP contribution in [0.1, 0.15) is 32.6 Å². The van der Waals surface area contributed by atoms with Crippen LogP contribution in [0.2, 0.25) is 0 Å². The second kappa shape index (κ2) is 8.49. The molecule has 0 aliphatic rings. The number of aliphatic carboxylic acids is 1. The summed E-state index contributed by atoms with van der Waals surface area (Å²) in [5, 5.41) is 12.4. The van der Waals surface area contributed by atoms with Crippen molar-refractivity contribution in [1.82, 2.24) is 0 Å². The molecule has 0 saturated heterocycles. The molecule has 26 heavy (non-hydrogen) atoms. The first kappa shape index (κ1) is 19.5. The third kappa shape index (κ3) is 4.40. The molecule has 0 heterocycles. The van der Waals surface area contributed by atoms with E-state index >= 15 is 0 Å². The molecule has 0 aliphatic heterocycles. The van der Waals surface area contributed by atoms with Crippen LogP contribution in [0.4, 0.5) is 0 Å².